The number of aryl methyl sites for hydroxylation is 1. The number of rotatable bonds is 3. The summed E-state index contributed by atoms with van der Waals surface area (Å²) in [4.78, 5) is 11.1. The zero-order valence-electron chi connectivity index (χ0n) is 11.5. The molecule has 0 bridgehead atoms. The van der Waals surface area contributed by atoms with Crippen molar-refractivity contribution in [2.24, 2.45) is 5.92 Å². The molecule has 1 heterocycles. The van der Waals surface area contributed by atoms with E-state index in [4.69, 9.17) is 11.6 Å². The Hall–Kier alpha value is -0.670. The first-order valence-electron chi connectivity index (χ1n) is 6.76. The number of halogens is 1. The maximum Gasteiger partial charge on any atom is 0.144 e. The number of hydrogen-bond donors (Lipinski definition) is 0. The summed E-state index contributed by atoms with van der Waals surface area (Å²) in [7, 11) is 2.17. The minimum atomic E-state index is 0.544. The molecule has 2 unspecified atom stereocenters. The summed E-state index contributed by atoms with van der Waals surface area (Å²) in [6.07, 6.45) is 5.34. The molecule has 2 atom stereocenters. The van der Waals surface area contributed by atoms with Gasteiger partial charge >= 0.3 is 0 Å². The Balaban J connectivity index is 2.03. The van der Waals surface area contributed by atoms with Crippen LogP contribution >= 0.6 is 11.6 Å². The van der Waals surface area contributed by atoms with E-state index >= 15 is 0 Å². The zero-order valence-corrected chi connectivity index (χ0v) is 12.2. The topological polar surface area (TPSA) is 29.0 Å². The van der Waals surface area contributed by atoms with Gasteiger partial charge in [-0.3, -0.25) is 4.90 Å². The Morgan fingerprint density at radius 2 is 2.06 bits per heavy atom. The second-order valence-corrected chi connectivity index (χ2v) is 5.88. The fourth-order valence-electron chi connectivity index (χ4n) is 2.95. The van der Waals surface area contributed by atoms with E-state index in [9.17, 15) is 0 Å². The van der Waals surface area contributed by atoms with Crippen LogP contribution in [-0.4, -0.2) is 28.0 Å². The van der Waals surface area contributed by atoms with E-state index in [-0.39, 0.29) is 0 Å². The molecule has 4 heteroatoms. The largest absolute Gasteiger partial charge is 0.296 e. The molecule has 0 spiro atoms. The fourth-order valence-corrected chi connectivity index (χ4v) is 3.21. The lowest BCUT2D eigenvalue weighted by Gasteiger charge is -2.35. The standard InChI is InChI=1S/C14H22ClN3/c1-10-6-4-5-7-12(10)18(3)9-14-16-11(2)8-13(15)17-14/h8,10,12H,4-7,9H2,1-3H3. The minimum absolute atomic E-state index is 0.544. The quantitative estimate of drug-likeness (QED) is 0.786. The molecule has 1 aliphatic carbocycles. The Kier molecular flexibility index (Phi) is 4.57. The van der Waals surface area contributed by atoms with Crippen LogP contribution in [0.3, 0.4) is 0 Å². The highest BCUT2D eigenvalue weighted by atomic mass is 35.5. The molecular formula is C14H22ClN3. The Morgan fingerprint density at radius 1 is 1.33 bits per heavy atom. The van der Waals surface area contributed by atoms with Crippen molar-refractivity contribution in [1.29, 1.82) is 0 Å². The number of aromatic nitrogens is 2. The van der Waals surface area contributed by atoms with Crippen molar-refractivity contribution in [2.45, 2.75) is 52.1 Å². The summed E-state index contributed by atoms with van der Waals surface area (Å²) >= 11 is 5.98. The van der Waals surface area contributed by atoms with Crippen molar-refractivity contribution in [3.05, 3.63) is 22.7 Å². The minimum Gasteiger partial charge on any atom is -0.296 e. The van der Waals surface area contributed by atoms with E-state index in [0.717, 1.165) is 24.0 Å². The van der Waals surface area contributed by atoms with Gasteiger partial charge < -0.3 is 0 Å². The molecule has 0 saturated heterocycles. The molecule has 0 N–H and O–H groups in total. The molecule has 0 amide bonds. The molecule has 3 nitrogen and oxygen atoms in total. The Morgan fingerprint density at radius 3 is 2.72 bits per heavy atom. The van der Waals surface area contributed by atoms with Crippen LogP contribution in [0, 0.1) is 12.8 Å². The number of hydrogen-bond acceptors (Lipinski definition) is 3. The third-order valence-corrected chi connectivity index (χ3v) is 4.09. The lowest BCUT2D eigenvalue weighted by molar-refractivity contribution is 0.130. The second-order valence-electron chi connectivity index (χ2n) is 5.49. The molecule has 0 aliphatic heterocycles. The van der Waals surface area contributed by atoms with Crippen LogP contribution in [0.2, 0.25) is 5.15 Å². The summed E-state index contributed by atoms with van der Waals surface area (Å²) in [5.41, 5.74) is 0.940. The van der Waals surface area contributed by atoms with Crippen molar-refractivity contribution in [1.82, 2.24) is 14.9 Å². The highest BCUT2D eigenvalue weighted by Gasteiger charge is 2.25. The van der Waals surface area contributed by atoms with E-state index < -0.39 is 0 Å². The van der Waals surface area contributed by atoms with Crippen molar-refractivity contribution in [2.75, 3.05) is 7.05 Å². The van der Waals surface area contributed by atoms with Crippen molar-refractivity contribution in [3.8, 4) is 0 Å². The van der Waals surface area contributed by atoms with Crippen LogP contribution in [-0.2, 0) is 6.54 Å². The van der Waals surface area contributed by atoms with Gasteiger partial charge in [0.2, 0.25) is 0 Å². The third-order valence-electron chi connectivity index (χ3n) is 3.89. The Bertz CT molecular complexity index is 388. The first-order chi connectivity index (χ1) is 8.56. The van der Waals surface area contributed by atoms with Crippen LogP contribution in [0.5, 0.6) is 0 Å². The maximum atomic E-state index is 5.98. The molecule has 2 rings (SSSR count). The van der Waals surface area contributed by atoms with Gasteiger partial charge in [-0.1, -0.05) is 31.4 Å². The molecule has 18 heavy (non-hydrogen) atoms. The van der Waals surface area contributed by atoms with Crippen LogP contribution < -0.4 is 0 Å². The highest BCUT2D eigenvalue weighted by Crippen LogP contribution is 2.27. The smallest absolute Gasteiger partial charge is 0.144 e. The maximum absolute atomic E-state index is 5.98. The molecule has 1 aromatic heterocycles. The summed E-state index contributed by atoms with van der Waals surface area (Å²) in [5.74, 6) is 1.60. The molecule has 100 valence electrons. The molecule has 1 aromatic rings. The van der Waals surface area contributed by atoms with E-state index in [1.165, 1.54) is 25.7 Å². The van der Waals surface area contributed by atoms with Gasteiger partial charge in [0.15, 0.2) is 0 Å². The van der Waals surface area contributed by atoms with Gasteiger partial charge in [0.05, 0.1) is 6.54 Å². The molecule has 0 aromatic carbocycles. The molecular weight excluding hydrogens is 246 g/mol. The highest BCUT2D eigenvalue weighted by molar-refractivity contribution is 6.29. The predicted octanol–water partition coefficient (Wildman–Crippen LogP) is 3.45. The molecule has 1 aliphatic rings. The van der Waals surface area contributed by atoms with Gasteiger partial charge in [0.1, 0.15) is 11.0 Å². The lowest BCUT2D eigenvalue weighted by Crippen LogP contribution is -2.38. The van der Waals surface area contributed by atoms with Crippen LogP contribution in [0.15, 0.2) is 6.07 Å². The van der Waals surface area contributed by atoms with Gasteiger partial charge in [-0.15, -0.1) is 0 Å². The summed E-state index contributed by atoms with van der Waals surface area (Å²) in [6.45, 7) is 5.10. The SMILES string of the molecule is Cc1cc(Cl)nc(CN(C)C2CCCCC2C)n1. The van der Waals surface area contributed by atoms with E-state index in [1.807, 2.05) is 6.92 Å². The van der Waals surface area contributed by atoms with E-state index in [2.05, 4.69) is 28.8 Å². The van der Waals surface area contributed by atoms with Gasteiger partial charge in [0, 0.05) is 11.7 Å². The molecule has 0 radical (unpaired) electrons. The number of nitrogens with zero attached hydrogens (tertiary/aromatic N) is 3. The van der Waals surface area contributed by atoms with E-state index in [1.54, 1.807) is 6.07 Å². The average Bonchev–Trinajstić information content (AvgIpc) is 2.27. The second kappa shape index (κ2) is 5.98. The van der Waals surface area contributed by atoms with Gasteiger partial charge in [-0.2, -0.15) is 0 Å². The van der Waals surface area contributed by atoms with Crippen LogP contribution in [0.25, 0.3) is 0 Å². The van der Waals surface area contributed by atoms with Crippen LogP contribution in [0.1, 0.15) is 44.1 Å². The summed E-state index contributed by atoms with van der Waals surface area (Å²) < 4.78 is 0. The van der Waals surface area contributed by atoms with Gasteiger partial charge in [0.25, 0.3) is 0 Å². The normalized spacial score (nSPS) is 24.5. The summed E-state index contributed by atoms with van der Waals surface area (Å²) in [6, 6.07) is 2.45. The van der Waals surface area contributed by atoms with Gasteiger partial charge in [-0.25, -0.2) is 9.97 Å². The van der Waals surface area contributed by atoms with Crippen LogP contribution in [0.4, 0.5) is 0 Å². The van der Waals surface area contributed by atoms with Gasteiger partial charge in [-0.05, 0) is 38.8 Å². The molecule has 1 fully saturated rings. The Labute approximate surface area is 115 Å². The third kappa shape index (κ3) is 3.42. The fraction of sp³-hybridized carbons (Fsp3) is 0.714. The summed E-state index contributed by atoms with van der Waals surface area (Å²) in [5, 5.41) is 0.544. The molecule has 1 saturated carbocycles. The van der Waals surface area contributed by atoms with E-state index in [0.29, 0.717) is 11.2 Å². The zero-order chi connectivity index (χ0) is 13.1. The average molecular weight is 268 g/mol. The van der Waals surface area contributed by atoms with Crippen molar-refractivity contribution < 1.29 is 0 Å². The monoisotopic (exact) mass is 267 g/mol. The predicted molar refractivity (Wildman–Crippen MR) is 74.7 cm³/mol. The van der Waals surface area contributed by atoms with Crippen molar-refractivity contribution in [3.63, 3.8) is 0 Å². The lowest BCUT2D eigenvalue weighted by atomic mass is 9.85. The first-order valence-corrected chi connectivity index (χ1v) is 7.14. The van der Waals surface area contributed by atoms with Crippen molar-refractivity contribution >= 4 is 11.6 Å². The first kappa shape index (κ1) is 13.8.